The van der Waals surface area contributed by atoms with Crippen molar-refractivity contribution < 1.29 is 37.0 Å². The summed E-state index contributed by atoms with van der Waals surface area (Å²) in [5.41, 5.74) is 0.550. The van der Waals surface area contributed by atoms with Crippen molar-refractivity contribution in [1.29, 1.82) is 0 Å². The van der Waals surface area contributed by atoms with Crippen LogP contribution < -0.4 is 14.8 Å². The molecule has 0 atom stereocenters. The van der Waals surface area contributed by atoms with E-state index in [1.165, 1.54) is 12.1 Å². The Hall–Kier alpha value is -4.04. The highest BCUT2D eigenvalue weighted by atomic mass is 127. The number of rotatable bonds is 9. The Morgan fingerprint density at radius 3 is 2.52 bits per heavy atom. The number of carbonyl (C=O) groups is 3. The number of alkyl halides is 3. The molecular weight excluding hydrogens is 708 g/mol. The molecule has 0 radical (unpaired) electrons. The van der Waals surface area contributed by atoms with Gasteiger partial charge in [0.05, 0.1) is 20.6 Å². The number of amides is 3. The van der Waals surface area contributed by atoms with E-state index in [4.69, 9.17) is 9.47 Å². The lowest BCUT2D eigenvalue weighted by atomic mass is 10.1. The minimum absolute atomic E-state index is 0.0875. The molecule has 44 heavy (non-hydrogen) atoms. The number of imide groups is 1. The average molecular weight is 733 g/mol. The second kappa shape index (κ2) is 13.3. The van der Waals surface area contributed by atoms with Crippen LogP contribution in [-0.4, -0.2) is 35.1 Å². The number of ether oxygens (including phenoxy) is 2. The van der Waals surface area contributed by atoms with Crippen LogP contribution in [0.1, 0.15) is 23.6 Å². The number of nitrogens with one attached hydrogen (secondary N) is 1. The van der Waals surface area contributed by atoms with E-state index < -0.39 is 35.3 Å². The lowest BCUT2D eigenvalue weighted by Crippen LogP contribution is -2.36. The quantitative estimate of drug-likeness (QED) is 0.138. The normalized spacial score (nSPS) is 14.4. The van der Waals surface area contributed by atoms with Gasteiger partial charge in [0.1, 0.15) is 13.2 Å². The second-order valence-electron chi connectivity index (χ2n) is 9.58. The number of hydrogen-bond acceptors (Lipinski definition) is 6. The Labute approximate surface area is 268 Å². The van der Waals surface area contributed by atoms with Crippen molar-refractivity contribution in [3.63, 3.8) is 0 Å². The molecule has 3 amide bonds. The van der Waals surface area contributed by atoms with E-state index in [-0.39, 0.29) is 10.6 Å². The number of nitrogens with zero attached hydrogens (tertiary/aromatic N) is 1. The number of benzene rings is 4. The Kier molecular flexibility index (Phi) is 9.49. The predicted octanol–water partition coefficient (Wildman–Crippen LogP) is 8.12. The van der Waals surface area contributed by atoms with Crippen molar-refractivity contribution in [3.05, 3.63) is 104 Å². The first-order chi connectivity index (χ1) is 21.0. The lowest BCUT2D eigenvalue weighted by molar-refractivity contribution is -0.137. The Morgan fingerprint density at radius 2 is 1.75 bits per heavy atom. The van der Waals surface area contributed by atoms with Crippen LogP contribution in [0.5, 0.6) is 11.5 Å². The molecule has 0 bridgehead atoms. The van der Waals surface area contributed by atoms with Crippen molar-refractivity contribution >= 4 is 73.9 Å². The third kappa shape index (κ3) is 7.18. The summed E-state index contributed by atoms with van der Waals surface area (Å²) in [6.07, 6.45) is -3.06. The molecule has 226 valence electrons. The zero-order valence-electron chi connectivity index (χ0n) is 23.1. The number of thioether (sulfide) groups is 1. The molecule has 1 aliphatic rings. The monoisotopic (exact) mass is 732 g/mol. The van der Waals surface area contributed by atoms with E-state index in [1.807, 2.05) is 49.4 Å². The zero-order valence-corrected chi connectivity index (χ0v) is 26.1. The van der Waals surface area contributed by atoms with Crippen molar-refractivity contribution in [3.8, 4) is 11.5 Å². The molecule has 1 N–H and O–H groups in total. The molecule has 4 aromatic carbocycles. The van der Waals surface area contributed by atoms with Gasteiger partial charge in [-0.1, -0.05) is 48.5 Å². The van der Waals surface area contributed by atoms with Crippen LogP contribution in [0.2, 0.25) is 0 Å². The first kappa shape index (κ1) is 31.4. The van der Waals surface area contributed by atoms with Gasteiger partial charge in [0.25, 0.3) is 11.1 Å². The standard InChI is InChI=1S/C32H24F3IN2O5S/c1-2-42-26-14-19(13-25(36)29(26)43-18-21-9-5-8-20-7-3-4-12-24(20)21)15-27-30(40)38(31(41)44-27)17-28(39)37-23-11-6-10-22(16-23)32(33,34)35/h3-16H,2,17-18H2,1H3,(H,37,39)/b27-15-. The van der Waals surface area contributed by atoms with E-state index in [0.717, 1.165) is 43.0 Å². The third-order valence-corrected chi connectivity index (χ3v) is 8.24. The van der Waals surface area contributed by atoms with Crippen LogP contribution in [0.25, 0.3) is 16.8 Å². The highest BCUT2D eigenvalue weighted by Crippen LogP contribution is 2.38. The number of halogens is 4. The van der Waals surface area contributed by atoms with Gasteiger partial charge < -0.3 is 14.8 Å². The maximum atomic E-state index is 13.1. The summed E-state index contributed by atoms with van der Waals surface area (Å²) in [6.45, 7) is 1.85. The van der Waals surface area contributed by atoms with Crippen LogP contribution in [0.3, 0.4) is 0 Å². The molecule has 5 rings (SSSR count). The molecule has 0 saturated carbocycles. The Balaban J connectivity index is 1.31. The fourth-order valence-electron chi connectivity index (χ4n) is 4.55. The molecular formula is C32H24F3IN2O5S. The summed E-state index contributed by atoms with van der Waals surface area (Å²) >= 11 is 2.78. The largest absolute Gasteiger partial charge is 0.490 e. The molecule has 1 aliphatic heterocycles. The topological polar surface area (TPSA) is 84.9 Å². The van der Waals surface area contributed by atoms with Crippen molar-refractivity contribution in [2.75, 3.05) is 18.5 Å². The van der Waals surface area contributed by atoms with Crippen molar-refractivity contribution in [2.24, 2.45) is 0 Å². The highest BCUT2D eigenvalue weighted by Gasteiger charge is 2.36. The summed E-state index contributed by atoms with van der Waals surface area (Å²) in [5.74, 6) is -0.500. The van der Waals surface area contributed by atoms with Gasteiger partial charge in [0, 0.05) is 5.69 Å². The summed E-state index contributed by atoms with van der Waals surface area (Å²) < 4.78 is 51.8. The minimum Gasteiger partial charge on any atom is -0.490 e. The van der Waals surface area contributed by atoms with E-state index in [0.29, 0.717) is 42.0 Å². The molecule has 0 aliphatic carbocycles. The Morgan fingerprint density at radius 1 is 1.00 bits per heavy atom. The fraction of sp³-hybridized carbons (Fsp3) is 0.156. The van der Waals surface area contributed by atoms with Crippen LogP contribution in [0.15, 0.2) is 83.8 Å². The minimum atomic E-state index is -4.58. The van der Waals surface area contributed by atoms with Crippen molar-refractivity contribution in [2.45, 2.75) is 19.7 Å². The van der Waals surface area contributed by atoms with E-state index >= 15 is 0 Å². The maximum absolute atomic E-state index is 13.1. The molecule has 4 aromatic rings. The van der Waals surface area contributed by atoms with Gasteiger partial charge in [-0.2, -0.15) is 13.2 Å². The highest BCUT2D eigenvalue weighted by molar-refractivity contribution is 14.1. The van der Waals surface area contributed by atoms with Crippen LogP contribution in [0.4, 0.5) is 23.7 Å². The molecule has 7 nitrogen and oxygen atoms in total. The van der Waals surface area contributed by atoms with Crippen molar-refractivity contribution in [1.82, 2.24) is 4.90 Å². The first-order valence-electron chi connectivity index (χ1n) is 13.3. The van der Waals surface area contributed by atoms with Gasteiger partial charge in [-0.15, -0.1) is 0 Å². The van der Waals surface area contributed by atoms with E-state index in [1.54, 1.807) is 12.1 Å². The van der Waals surface area contributed by atoms with E-state index in [9.17, 15) is 27.6 Å². The molecule has 0 unspecified atom stereocenters. The van der Waals surface area contributed by atoms with Gasteiger partial charge in [-0.05, 0) is 99.6 Å². The molecule has 0 aromatic heterocycles. The fourth-order valence-corrected chi connectivity index (χ4v) is 6.17. The Bertz CT molecular complexity index is 1790. The van der Waals surface area contributed by atoms with Gasteiger partial charge in [-0.25, -0.2) is 0 Å². The van der Waals surface area contributed by atoms with Gasteiger partial charge >= 0.3 is 6.18 Å². The van der Waals surface area contributed by atoms with E-state index in [2.05, 4.69) is 27.9 Å². The second-order valence-corrected chi connectivity index (χ2v) is 11.7. The molecule has 1 heterocycles. The molecule has 1 saturated heterocycles. The summed E-state index contributed by atoms with van der Waals surface area (Å²) in [5, 5.41) is 3.82. The zero-order chi connectivity index (χ0) is 31.4. The average Bonchev–Trinajstić information content (AvgIpc) is 3.23. The van der Waals surface area contributed by atoms with Crippen LogP contribution in [-0.2, 0) is 22.4 Å². The van der Waals surface area contributed by atoms with Gasteiger partial charge in [0.2, 0.25) is 5.91 Å². The number of anilines is 1. The van der Waals surface area contributed by atoms with Gasteiger partial charge in [0.15, 0.2) is 11.5 Å². The summed E-state index contributed by atoms with van der Waals surface area (Å²) in [6, 6.07) is 21.6. The maximum Gasteiger partial charge on any atom is 0.416 e. The molecule has 12 heteroatoms. The number of carbonyl (C=O) groups excluding carboxylic acids is 3. The molecule has 0 spiro atoms. The summed E-state index contributed by atoms with van der Waals surface area (Å²) in [4.78, 5) is 39.0. The van der Waals surface area contributed by atoms with Crippen LogP contribution >= 0.6 is 34.4 Å². The van der Waals surface area contributed by atoms with Gasteiger partial charge in [-0.3, -0.25) is 19.3 Å². The summed E-state index contributed by atoms with van der Waals surface area (Å²) in [7, 11) is 0. The molecule has 1 fully saturated rings. The number of fused-ring (bicyclic) bond motifs is 1. The smallest absolute Gasteiger partial charge is 0.416 e. The van der Waals surface area contributed by atoms with Crippen LogP contribution in [0, 0.1) is 3.57 Å². The third-order valence-electron chi connectivity index (χ3n) is 6.53. The lowest BCUT2D eigenvalue weighted by Gasteiger charge is -2.16. The number of hydrogen-bond donors (Lipinski definition) is 1. The first-order valence-corrected chi connectivity index (χ1v) is 15.2. The SMILES string of the molecule is CCOc1cc(/C=C2\SC(=O)N(CC(=O)Nc3cccc(C(F)(F)F)c3)C2=O)cc(I)c1OCc1cccc2ccccc12. The predicted molar refractivity (Wildman–Crippen MR) is 171 cm³/mol.